The number of aliphatic hydroxyl groups is 13. The molecule has 0 spiro atoms. The van der Waals surface area contributed by atoms with Crippen molar-refractivity contribution in [3.8, 4) is 0 Å². The van der Waals surface area contributed by atoms with Gasteiger partial charge in [-0.1, -0.05) is 57.9 Å². The molecule has 28 unspecified atom stereocenters. The van der Waals surface area contributed by atoms with Crippen LogP contribution in [0.25, 0.3) is 0 Å². The van der Waals surface area contributed by atoms with Crippen LogP contribution >= 0.6 is 0 Å². The van der Waals surface area contributed by atoms with E-state index >= 15 is 0 Å². The van der Waals surface area contributed by atoms with Crippen LogP contribution in [0.4, 0.5) is 0 Å². The van der Waals surface area contributed by atoms with Crippen molar-refractivity contribution in [2.45, 2.75) is 229 Å². The minimum atomic E-state index is -1.93. The molecule has 5 aliphatic carbocycles. The van der Waals surface area contributed by atoms with Gasteiger partial charge in [0.2, 0.25) is 6.29 Å². The Hall–Kier alpha value is -1.85. The van der Waals surface area contributed by atoms with E-state index in [2.05, 4.69) is 40.7 Å². The highest BCUT2D eigenvalue weighted by molar-refractivity contribution is 5.79. The minimum absolute atomic E-state index is 0.192. The van der Waals surface area contributed by atoms with Crippen molar-refractivity contribution < 1.29 is 109 Å². The molecule has 4 heterocycles. The Bertz CT molecular complexity index is 2090. The van der Waals surface area contributed by atoms with Gasteiger partial charge in [0, 0.05) is 5.92 Å². The number of fused-ring (bicyclic) bond motifs is 7. The summed E-state index contributed by atoms with van der Waals surface area (Å²) in [5.74, 6) is -0.474. The van der Waals surface area contributed by atoms with E-state index in [0.29, 0.717) is 32.1 Å². The predicted octanol–water partition coefficient (Wildman–Crippen LogP) is -1.87. The van der Waals surface area contributed by atoms with E-state index in [1.54, 1.807) is 0 Å². The molecule has 422 valence electrons. The van der Waals surface area contributed by atoms with E-state index in [1.165, 1.54) is 12.5 Å². The van der Waals surface area contributed by atoms with Gasteiger partial charge in [0.25, 0.3) is 0 Å². The molecule has 22 heteroatoms. The van der Waals surface area contributed by atoms with Crippen LogP contribution in [0.5, 0.6) is 0 Å². The van der Waals surface area contributed by atoms with Crippen LogP contribution in [0.1, 0.15) is 99.8 Å². The summed E-state index contributed by atoms with van der Waals surface area (Å²) in [5, 5.41) is 141. The van der Waals surface area contributed by atoms with E-state index in [9.17, 15) is 71.2 Å². The average molecular weight is 1060 g/mol. The van der Waals surface area contributed by atoms with Gasteiger partial charge in [0.15, 0.2) is 18.9 Å². The van der Waals surface area contributed by atoms with Gasteiger partial charge in [-0.25, -0.2) is 0 Å². The molecule has 0 aromatic heterocycles. The monoisotopic (exact) mass is 1060 g/mol. The second kappa shape index (κ2) is 20.7. The summed E-state index contributed by atoms with van der Waals surface area (Å²) < 4.78 is 46.1. The fraction of sp³-hybridized carbons (Fsp3) is 0.904. The highest BCUT2D eigenvalue weighted by Gasteiger charge is 2.70. The van der Waals surface area contributed by atoms with E-state index in [4.69, 9.17) is 37.9 Å². The summed E-state index contributed by atoms with van der Waals surface area (Å²) in [6.45, 7) is 12.7. The molecule has 0 aromatic rings. The zero-order valence-electron chi connectivity index (χ0n) is 43.3. The Morgan fingerprint density at radius 1 is 0.676 bits per heavy atom. The summed E-state index contributed by atoms with van der Waals surface area (Å²) in [5.41, 5.74) is 0.0438. The Kier molecular flexibility index (Phi) is 15.9. The molecule has 9 aliphatic rings. The quantitative estimate of drug-likeness (QED) is 0.0842. The second-order valence-electron chi connectivity index (χ2n) is 24.6. The van der Waals surface area contributed by atoms with Crippen molar-refractivity contribution in [3.63, 3.8) is 0 Å². The van der Waals surface area contributed by atoms with Crippen LogP contribution in [0.3, 0.4) is 0 Å². The maximum Gasteiger partial charge on any atom is 0.315 e. The lowest BCUT2D eigenvalue weighted by atomic mass is 9.34. The number of ether oxygens (including phenoxy) is 8. The Morgan fingerprint density at radius 2 is 1.34 bits per heavy atom. The number of aliphatic hydroxyl groups excluding tert-OH is 13. The molecular formula is C52H82O22. The number of carbonyl (C=O) groups excluding carboxylic acids is 1. The first kappa shape index (κ1) is 56.9. The van der Waals surface area contributed by atoms with Crippen molar-refractivity contribution >= 4 is 5.97 Å². The van der Waals surface area contributed by atoms with Crippen molar-refractivity contribution in [1.29, 1.82) is 0 Å². The largest absolute Gasteiger partial charge is 0.432 e. The van der Waals surface area contributed by atoms with Crippen molar-refractivity contribution in [2.24, 2.45) is 44.8 Å². The molecule has 0 bridgehead atoms. The summed E-state index contributed by atoms with van der Waals surface area (Å²) in [7, 11) is 0. The van der Waals surface area contributed by atoms with Gasteiger partial charge >= 0.3 is 5.97 Å². The number of esters is 1. The molecule has 0 radical (unpaired) electrons. The lowest BCUT2D eigenvalue weighted by Crippen LogP contribution is -2.67. The number of allylic oxidation sites excluding steroid dienone is 4. The lowest BCUT2D eigenvalue weighted by molar-refractivity contribution is -0.375. The molecule has 22 nitrogen and oxygen atoms in total. The first-order valence-electron chi connectivity index (χ1n) is 26.5. The second-order valence-corrected chi connectivity index (χ2v) is 24.6. The summed E-state index contributed by atoms with van der Waals surface area (Å²) in [6.07, 6.45) is -23.9. The summed E-state index contributed by atoms with van der Waals surface area (Å²) in [4.78, 5) is 14.9. The predicted molar refractivity (Wildman–Crippen MR) is 252 cm³/mol. The molecule has 4 aliphatic heterocycles. The maximum atomic E-state index is 14.9. The molecule has 0 aromatic carbocycles. The third-order valence-corrected chi connectivity index (χ3v) is 20.3. The maximum absolute atomic E-state index is 14.9. The topological polar surface area (TPSA) is 354 Å². The SMILES string of the molecule is CC1=CCC2(C(=O)OC3OC(COC4OC(CO)C(OC5OC(C)C(O)C(OC6OCC(O)C(O)C6O)C5O)C(O)C4O)C(O)C(O)C3O)CCC3(C)C(=CCC4C5(C)CC(O)C(O)C(C)(C)C5CCC43C)C2C1. The van der Waals surface area contributed by atoms with Gasteiger partial charge in [0.1, 0.15) is 85.5 Å². The first-order valence-corrected chi connectivity index (χ1v) is 26.5. The van der Waals surface area contributed by atoms with Gasteiger partial charge in [-0.2, -0.15) is 0 Å². The van der Waals surface area contributed by atoms with E-state index in [0.717, 1.165) is 24.8 Å². The summed E-state index contributed by atoms with van der Waals surface area (Å²) in [6, 6.07) is 0. The van der Waals surface area contributed by atoms with Crippen LogP contribution in [0.2, 0.25) is 0 Å². The van der Waals surface area contributed by atoms with Gasteiger partial charge in [0.05, 0.1) is 43.5 Å². The van der Waals surface area contributed by atoms with E-state index in [1.807, 2.05) is 13.0 Å². The first-order chi connectivity index (χ1) is 34.7. The Morgan fingerprint density at radius 3 is 2.04 bits per heavy atom. The van der Waals surface area contributed by atoms with Gasteiger partial charge < -0.3 is 104 Å². The van der Waals surface area contributed by atoms with Crippen LogP contribution in [-0.4, -0.2) is 221 Å². The minimum Gasteiger partial charge on any atom is -0.432 e. The number of rotatable bonds is 10. The normalized spacial score (nSPS) is 54.3. The zero-order chi connectivity index (χ0) is 53.9. The molecule has 3 saturated carbocycles. The fourth-order valence-electron chi connectivity index (χ4n) is 15.6. The Balaban J connectivity index is 0.863. The number of carbonyl (C=O) groups is 1. The Labute approximate surface area is 430 Å². The van der Waals surface area contributed by atoms with Crippen molar-refractivity contribution in [1.82, 2.24) is 0 Å². The van der Waals surface area contributed by atoms with Crippen LogP contribution in [0, 0.1) is 44.8 Å². The lowest BCUT2D eigenvalue weighted by Gasteiger charge is -2.71. The molecule has 9 rings (SSSR count). The number of hydrogen-bond donors (Lipinski definition) is 13. The fourth-order valence-corrected chi connectivity index (χ4v) is 15.6. The van der Waals surface area contributed by atoms with Crippen molar-refractivity contribution in [2.75, 3.05) is 19.8 Å². The van der Waals surface area contributed by atoms with Crippen LogP contribution < -0.4 is 0 Å². The van der Waals surface area contributed by atoms with Gasteiger partial charge in [-0.15, -0.1) is 0 Å². The van der Waals surface area contributed by atoms with Crippen molar-refractivity contribution in [3.05, 3.63) is 23.3 Å². The summed E-state index contributed by atoms with van der Waals surface area (Å²) >= 11 is 0. The number of hydrogen-bond acceptors (Lipinski definition) is 22. The highest BCUT2D eigenvalue weighted by atomic mass is 16.8. The molecule has 7 fully saturated rings. The molecule has 28 atom stereocenters. The van der Waals surface area contributed by atoms with Gasteiger partial charge in [-0.05, 0) is 98.7 Å². The highest BCUT2D eigenvalue weighted by Crippen LogP contribution is 2.75. The standard InChI is InChI=1S/C52H82O22/c1-21-10-13-52(15-14-50(6)23(24(52)16-21)8-9-30-49(5)17-25(54)42(65)48(3,4)29(49)11-12-51(30,50)7)47(66)74-45-37(62)34(59)33(58)28(71-45)20-68-43-38(63)35(60)40(27(18-53)70-43)72-46-39(64)41(31(56)22(2)69-46)73-44-36(61)32(57)26(55)19-67-44/h8,10,22,24-46,53-65H,9,11-20H2,1-7H3. The van der Waals surface area contributed by atoms with Gasteiger partial charge in [-0.3, -0.25) is 4.79 Å². The molecule has 4 saturated heterocycles. The zero-order valence-corrected chi connectivity index (χ0v) is 43.3. The van der Waals surface area contributed by atoms with E-state index < -0.39 is 166 Å². The third-order valence-electron chi connectivity index (χ3n) is 20.3. The van der Waals surface area contributed by atoms with Crippen LogP contribution in [0.15, 0.2) is 23.3 Å². The molecule has 0 amide bonds. The van der Waals surface area contributed by atoms with Crippen LogP contribution in [-0.2, 0) is 42.7 Å². The van der Waals surface area contributed by atoms with E-state index in [-0.39, 0.29) is 34.0 Å². The smallest absolute Gasteiger partial charge is 0.315 e. The third kappa shape index (κ3) is 9.09. The molecular weight excluding hydrogens is 977 g/mol. The molecule has 13 N–H and O–H groups in total. The molecule has 74 heavy (non-hydrogen) atoms. The average Bonchev–Trinajstić information content (AvgIpc) is 3.35.